The third-order valence-corrected chi connectivity index (χ3v) is 0.624. The number of hydrogen-bond acceptors (Lipinski definition) is 4. The van der Waals surface area contributed by atoms with Gasteiger partial charge in [0, 0.05) is 7.05 Å². The van der Waals surface area contributed by atoms with Crippen LogP contribution in [0.3, 0.4) is 0 Å². The predicted octanol–water partition coefficient (Wildman–Crippen LogP) is -1.27. The van der Waals surface area contributed by atoms with Crippen LogP contribution in [0.5, 0.6) is 0 Å². The fraction of sp³-hybridized carbons (Fsp3) is 0.333. The summed E-state index contributed by atoms with van der Waals surface area (Å²) < 4.78 is 0. The number of hydrazine groups is 2. The third kappa shape index (κ3) is 2.02. The van der Waals surface area contributed by atoms with Crippen LogP contribution >= 0.6 is 0 Å². The third-order valence-electron chi connectivity index (χ3n) is 0.624. The lowest BCUT2D eigenvalue weighted by atomic mass is 10.8. The van der Waals surface area contributed by atoms with Crippen molar-refractivity contribution in [1.29, 1.82) is 0 Å². The van der Waals surface area contributed by atoms with Crippen LogP contribution in [-0.4, -0.2) is 12.1 Å². The van der Waals surface area contributed by atoms with Crippen molar-refractivity contribution in [1.82, 2.24) is 10.5 Å². The number of rotatable bonds is 2. The van der Waals surface area contributed by atoms with Crippen LogP contribution in [0, 0.1) is 0 Å². The van der Waals surface area contributed by atoms with Gasteiger partial charge >= 0.3 is 0 Å². The Kier molecular flexibility index (Phi) is 2.18. The second kappa shape index (κ2) is 2.44. The topological polar surface area (TPSA) is 67.3 Å². The molecule has 0 aliphatic carbocycles. The Bertz CT molecular complexity index is 69.3. The summed E-state index contributed by atoms with van der Waals surface area (Å²) >= 11 is 0. The highest BCUT2D eigenvalue weighted by molar-refractivity contribution is 4.80. The fourth-order valence-electron chi connectivity index (χ4n) is 0.0829. The second-order valence-electron chi connectivity index (χ2n) is 1.18. The minimum absolute atomic E-state index is 0.391. The minimum Gasteiger partial charge on any atom is -0.385 e. The first-order chi connectivity index (χ1) is 3.18. The van der Waals surface area contributed by atoms with Crippen molar-refractivity contribution in [2.75, 3.05) is 7.05 Å². The maximum atomic E-state index is 5.14. The van der Waals surface area contributed by atoms with E-state index >= 15 is 0 Å². The first-order valence-corrected chi connectivity index (χ1v) is 1.83. The highest BCUT2D eigenvalue weighted by atomic mass is 15.6. The van der Waals surface area contributed by atoms with Gasteiger partial charge in [0.25, 0.3) is 0 Å². The molecule has 0 radical (unpaired) electrons. The van der Waals surface area contributed by atoms with Crippen molar-refractivity contribution in [3.63, 3.8) is 0 Å². The molecule has 4 nitrogen and oxygen atoms in total. The van der Waals surface area contributed by atoms with E-state index in [0.29, 0.717) is 5.82 Å². The molecule has 42 valence electrons. The van der Waals surface area contributed by atoms with Gasteiger partial charge in [0.15, 0.2) is 0 Å². The first-order valence-electron chi connectivity index (χ1n) is 1.83. The molecule has 0 aliphatic rings. The van der Waals surface area contributed by atoms with Crippen LogP contribution in [0.4, 0.5) is 0 Å². The summed E-state index contributed by atoms with van der Waals surface area (Å²) in [6.45, 7) is 3.39. The van der Waals surface area contributed by atoms with Crippen molar-refractivity contribution in [3.05, 3.63) is 12.4 Å². The zero-order chi connectivity index (χ0) is 5.86. The van der Waals surface area contributed by atoms with Gasteiger partial charge in [-0.25, -0.2) is 0 Å². The van der Waals surface area contributed by atoms with Crippen molar-refractivity contribution < 1.29 is 0 Å². The largest absolute Gasteiger partial charge is 0.385 e. The summed E-state index contributed by atoms with van der Waals surface area (Å²) in [5.74, 6) is 5.30. The Labute approximate surface area is 42.7 Å². The average molecular weight is 102 g/mol. The lowest BCUT2D eigenvalue weighted by Crippen LogP contribution is -2.41. The maximum absolute atomic E-state index is 5.14. The standard InChI is InChI=1S/C3H10N4/c1-3(4)7(2)6-5/h6H,1,4-5H2,2H3. The molecule has 0 rings (SSSR count). The molecule has 0 saturated heterocycles. The summed E-state index contributed by atoms with van der Waals surface area (Å²) in [5.41, 5.74) is 7.41. The molecule has 7 heavy (non-hydrogen) atoms. The van der Waals surface area contributed by atoms with E-state index in [-0.39, 0.29) is 0 Å². The van der Waals surface area contributed by atoms with E-state index in [1.54, 1.807) is 7.05 Å². The second-order valence-corrected chi connectivity index (χ2v) is 1.18. The lowest BCUT2D eigenvalue weighted by molar-refractivity contribution is 0.303. The van der Waals surface area contributed by atoms with Crippen molar-refractivity contribution in [3.8, 4) is 0 Å². The van der Waals surface area contributed by atoms with E-state index in [0.717, 1.165) is 0 Å². The average Bonchev–Trinajstić information content (AvgIpc) is 1.65. The van der Waals surface area contributed by atoms with E-state index in [4.69, 9.17) is 11.6 Å². The lowest BCUT2D eigenvalue weighted by Gasteiger charge is -2.14. The molecule has 0 spiro atoms. The molecular formula is C3H10N4. The molecule has 5 N–H and O–H groups in total. The molecule has 0 unspecified atom stereocenters. The summed E-state index contributed by atoms with van der Waals surface area (Å²) in [7, 11) is 1.67. The Morgan fingerprint density at radius 3 is 2.29 bits per heavy atom. The number of nitrogens with two attached hydrogens (primary N) is 2. The molecule has 0 aromatic rings. The quantitative estimate of drug-likeness (QED) is 0.300. The highest BCUT2D eigenvalue weighted by Gasteiger charge is 1.86. The van der Waals surface area contributed by atoms with Crippen LogP contribution in [0.2, 0.25) is 0 Å². The molecular weight excluding hydrogens is 92.1 g/mol. The van der Waals surface area contributed by atoms with Crippen molar-refractivity contribution in [2.45, 2.75) is 0 Å². The SMILES string of the molecule is C=C(N)N(C)NN. The van der Waals surface area contributed by atoms with Gasteiger partial charge in [0.1, 0.15) is 5.82 Å². The van der Waals surface area contributed by atoms with E-state index in [1.165, 1.54) is 5.01 Å². The van der Waals surface area contributed by atoms with Crippen LogP contribution in [-0.2, 0) is 0 Å². The van der Waals surface area contributed by atoms with Gasteiger partial charge < -0.3 is 5.73 Å². The number of hydrogen-bond donors (Lipinski definition) is 3. The summed E-state index contributed by atoms with van der Waals surface area (Å²) in [4.78, 5) is 0. The van der Waals surface area contributed by atoms with Gasteiger partial charge in [0.05, 0.1) is 0 Å². The number of nitrogens with zero attached hydrogens (tertiary/aromatic N) is 1. The first kappa shape index (κ1) is 6.26. The van der Waals surface area contributed by atoms with E-state index in [2.05, 4.69) is 12.1 Å². The highest BCUT2D eigenvalue weighted by Crippen LogP contribution is 1.75. The van der Waals surface area contributed by atoms with Gasteiger partial charge in [-0.05, 0) is 0 Å². The molecule has 0 aliphatic heterocycles. The normalized spacial score (nSPS) is 8.29. The summed E-state index contributed by atoms with van der Waals surface area (Å²) in [6, 6.07) is 0. The maximum Gasteiger partial charge on any atom is 0.106 e. The monoisotopic (exact) mass is 102 g/mol. The van der Waals surface area contributed by atoms with E-state index < -0.39 is 0 Å². The molecule has 0 atom stereocenters. The van der Waals surface area contributed by atoms with Gasteiger partial charge in [0.2, 0.25) is 0 Å². The fourth-order valence-corrected chi connectivity index (χ4v) is 0.0829. The van der Waals surface area contributed by atoms with Crippen LogP contribution in [0.1, 0.15) is 0 Å². The Hall–Kier alpha value is -0.740. The van der Waals surface area contributed by atoms with Gasteiger partial charge in [-0.15, -0.1) is 0 Å². The Morgan fingerprint density at radius 2 is 2.29 bits per heavy atom. The van der Waals surface area contributed by atoms with Crippen LogP contribution < -0.4 is 17.1 Å². The molecule has 0 saturated carbocycles. The number of nitrogens with one attached hydrogen (secondary N) is 1. The van der Waals surface area contributed by atoms with Gasteiger partial charge in [-0.1, -0.05) is 6.58 Å². The molecule has 0 aromatic carbocycles. The molecule has 0 aromatic heterocycles. The molecule has 0 bridgehead atoms. The van der Waals surface area contributed by atoms with Gasteiger partial charge in [-0.3, -0.25) is 10.9 Å². The minimum atomic E-state index is 0.391. The molecule has 4 heteroatoms. The van der Waals surface area contributed by atoms with Crippen LogP contribution in [0.15, 0.2) is 12.4 Å². The Balaban J connectivity index is 3.34. The van der Waals surface area contributed by atoms with E-state index in [9.17, 15) is 0 Å². The smallest absolute Gasteiger partial charge is 0.106 e. The zero-order valence-corrected chi connectivity index (χ0v) is 4.31. The molecule has 0 heterocycles. The predicted molar refractivity (Wildman–Crippen MR) is 28.4 cm³/mol. The van der Waals surface area contributed by atoms with Crippen molar-refractivity contribution in [2.24, 2.45) is 11.6 Å². The molecule has 0 fully saturated rings. The zero-order valence-electron chi connectivity index (χ0n) is 4.31. The van der Waals surface area contributed by atoms with Gasteiger partial charge in [-0.2, -0.15) is 5.53 Å². The van der Waals surface area contributed by atoms with E-state index in [1.807, 2.05) is 0 Å². The summed E-state index contributed by atoms with van der Waals surface area (Å²) in [6.07, 6.45) is 0. The van der Waals surface area contributed by atoms with Crippen LogP contribution in [0.25, 0.3) is 0 Å². The molecule has 0 amide bonds. The Morgan fingerprint density at radius 1 is 1.86 bits per heavy atom. The summed E-state index contributed by atoms with van der Waals surface area (Å²) in [5, 5.41) is 1.40. The van der Waals surface area contributed by atoms with Crippen molar-refractivity contribution >= 4 is 0 Å².